The Balaban J connectivity index is 1.54. The van der Waals surface area contributed by atoms with Crippen molar-refractivity contribution in [3.8, 4) is 11.5 Å². The van der Waals surface area contributed by atoms with E-state index in [1.807, 2.05) is 5.01 Å². The van der Waals surface area contributed by atoms with Gasteiger partial charge in [-0.1, -0.05) is 0 Å². The van der Waals surface area contributed by atoms with Gasteiger partial charge in [0.25, 0.3) is 0 Å². The van der Waals surface area contributed by atoms with Crippen LogP contribution in [0.1, 0.15) is 0 Å². The van der Waals surface area contributed by atoms with E-state index in [9.17, 15) is 4.79 Å². The first-order valence-electron chi connectivity index (χ1n) is 6.74. The Morgan fingerprint density at radius 3 is 2.80 bits per heavy atom. The van der Waals surface area contributed by atoms with Crippen molar-refractivity contribution in [1.82, 2.24) is 10.4 Å². The second-order valence-electron chi connectivity index (χ2n) is 5.08. The molecular weight excluding hydrogens is 260 g/mol. The normalized spacial score (nSPS) is 18.9. The van der Waals surface area contributed by atoms with Crippen molar-refractivity contribution in [3.63, 3.8) is 0 Å². The van der Waals surface area contributed by atoms with Crippen LogP contribution in [0.15, 0.2) is 18.2 Å². The molecule has 7 heteroatoms. The summed E-state index contributed by atoms with van der Waals surface area (Å²) in [7, 11) is 2.16. The number of piperazine rings is 1. The van der Waals surface area contributed by atoms with Gasteiger partial charge in [-0.05, 0) is 12.1 Å². The molecule has 0 radical (unpaired) electrons. The first kappa shape index (κ1) is 13.0. The predicted molar refractivity (Wildman–Crippen MR) is 72.9 cm³/mol. The molecular formula is C13H19N4O3+. The number of nitrogens with zero attached hydrogens (tertiary/aromatic N) is 1. The van der Waals surface area contributed by atoms with Gasteiger partial charge in [-0.3, -0.25) is 5.43 Å². The molecule has 0 aliphatic carbocycles. The zero-order valence-electron chi connectivity index (χ0n) is 11.4. The molecule has 0 saturated carbocycles. The van der Waals surface area contributed by atoms with Crippen molar-refractivity contribution < 1.29 is 19.2 Å². The van der Waals surface area contributed by atoms with Crippen LogP contribution < -0.4 is 25.1 Å². The average molecular weight is 279 g/mol. The number of hydrogen-bond acceptors (Lipinski definition) is 4. The van der Waals surface area contributed by atoms with E-state index in [1.165, 1.54) is 4.90 Å². The molecule has 3 N–H and O–H groups in total. The van der Waals surface area contributed by atoms with Crippen LogP contribution in [0.25, 0.3) is 0 Å². The zero-order valence-corrected chi connectivity index (χ0v) is 11.4. The lowest BCUT2D eigenvalue weighted by atomic mass is 10.3. The van der Waals surface area contributed by atoms with Gasteiger partial charge in [0, 0.05) is 11.8 Å². The third-order valence-electron chi connectivity index (χ3n) is 3.51. The Bertz CT molecular complexity index is 500. The number of urea groups is 1. The first-order valence-corrected chi connectivity index (χ1v) is 6.74. The minimum Gasteiger partial charge on any atom is -0.454 e. The van der Waals surface area contributed by atoms with E-state index in [-0.39, 0.29) is 12.8 Å². The molecule has 1 aromatic carbocycles. The molecule has 0 bridgehead atoms. The van der Waals surface area contributed by atoms with E-state index in [2.05, 4.69) is 17.8 Å². The monoisotopic (exact) mass is 279 g/mol. The van der Waals surface area contributed by atoms with E-state index < -0.39 is 0 Å². The SMILES string of the molecule is C[NH+]1CCN(NC(=O)Nc2ccc3c(c2)OCO3)CC1. The highest BCUT2D eigenvalue weighted by Crippen LogP contribution is 2.34. The molecule has 1 saturated heterocycles. The van der Waals surface area contributed by atoms with Crippen molar-refractivity contribution in [2.45, 2.75) is 0 Å². The van der Waals surface area contributed by atoms with Gasteiger partial charge in [0.15, 0.2) is 11.5 Å². The van der Waals surface area contributed by atoms with Crippen molar-refractivity contribution in [3.05, 3.63) is 18.2 Å². The quantitative estimate of drug-likeness (QED) is 0.668. The highest BCUT2D eigenvalue weighted by molar-refractivity contribution is 5.89. The molecule has 0 atom stereocenters. The number of benzene rings is 1. The molecule has 1 fully saturated rings. The Hall–Kier alpha value is -1.99. The second kappa shape index (κ2) is 5.56. The maximum atomic E-state index is 11.9. The van der Waals surface area contributed by atoms with Gasteiger partial charge in [0.1, 0.15) is 0 Å². The van der Waals surface area contributed by atoms with E-state index in [0.717, 1.165) is 26.2 Å². The molecule has 3 rings (SSSR count). The van der Waals surface area contributed by atoms with Crippen LogP contribution in [-0.4, -0.2) is 51.1 Å². The van der Waals surface area contributed by atoms with Gasteiger partial charge < -0.3 is 19.7 Å². The van der Waals surface area contributed by atoms with Crippen LogP contribution in [-0.2, 0) is 0 Å². The van der Waals surface area contributed by atoms with Gasteiger partial charge in [-0.25, -0.2) is 9.80 Å². The van der Waals surface area contributed by atoms with Crippen molar-refractivity contribution in [1.29, 1.82) is 0 Å². The number of carbonyl (C=O) groups is 1. The molecule has 0 unspecified atom stereocenters. The lowest BCUT2D eigenvalue weighted by Crippen LogP contribution is -3.12. The summed E-state index contributed by atoms with van der Waals surface area (Å²) in [6.45, 7) is 4.02. The number of anilines is 1. The molecule has 108 valence electrons. The van der Waals surface area contributed by atoms with E-state index in [4.69, 9.17) is 9.47 Å². The number of hydrogen-bond donors (Lipinski definition) is 3. The Labute approximate surface area is 117 Å². The number of fused-ring (bicyclic) bond motifs is 1. The summed E-state index contributed by atoms with van der Waals surface area (Å²) in [6, 6.07) is 5.11. The second-order valence-corrected chi connectivity index (χ2v) is 5.08. The van der Waals surface area contributed by atoms with Gasteiger partial charge in [-0.15, -0.1) is 0 Å². The highest BCUT2D eigenvalue weighted by Gasteiger charge is 2.19. The Kier molecular flexibility index (Phi) is 3.62. The largest absolute Gasteiger partial charge is 0.454 e. The number of hydrazine groups is 1. The number of ether oxygens (including phenoxy) is 2. The minimum atomic E-state index is -0.233. The minimum absolute atomic E-state index is 0.231. The van der Waals surface area contributed by atoms with Gasteiger partial charge in [-0.2, -0.15) is 0 Å². The van der Waals surface area contributed by atoms with Crippen LogP contribution in [0, 0.1) is 0 Å². The van der Waals surface area contributed by atoms with E-state index >= 15 is 0 Å². The first-order chi connectivity index (χ1) is 9.70. The van der Waals surface area contributed by atoms with Crippen LogP contribution in [0.3, 0.4) is 0 Å². The van der Waals surface area contributed by atoms with Crippen molar-refractivity contribution in [2.75, 3.05) is 45.3 Å². The Morgan fingerprint density at radius 2 is 2.00 bits per heavy atom. The van der Waals surface area contributed by atoms with Crippen LogP contribution in [0.5, 0.6) is 11.5 Å². The number of rotatable bonds is 2. The highest BCUT2D eigenvalue weighted by atomic mass is 16.7. The van der Waals surface area contributed by atoms with E-state index in [1.54, 1.807) is 18.2 Å². The van der Waals surface area contributed by atoms with Crippen LogP contribution >= 0.6 is 0 Å². The Morgan fingerprint density at radius 1 is 1.25 bits per heavy atom. The molecule has 20 heavy (non-hydrogen) atoms. The fourth-order valence-electron chi connectivity index (χ4n) is 2.28. The molecule has 1 aromatic rings. The molecule has 0 aromatic heterocycles. The molecule has 2 aliphatic rings. The molecule has 7 nitrogen and oxygen atoms in total. The molecule has 0 spiro atoms. The maximum Gasteiger partial charge on any atom is 0.333 e. The molecule has 2 amide bonds. The standard InChI is InChI=1S/C13H18N4O3/c1-16-4-6-17(7-5-16)15-13(18)14-10-2-3-11-12(8-10)20-9-19-11/h2-3,8H,4-7,9H2,1H3,(H2,14,15,18)/p+1. The van der Waals surface area contributed by atoms with Gasteiger partial charge in [0.05, 0.1) is 33.2 Å². The predicted octanol–water partition coefficient (Wildman–Crippen LogP) is -0.718. The van der Waals surface area contributed by atoms with Crippen LogP contribution in [0.2, 0.25) is 0 Å². The van der Waals surface area contributed by atoms with Gasteiger partial charge in [0.2, 0.25) is 6.79 Å². The number of amides is 2. The summed E-state index contributed by atoms with van der Waals surface area (Å²) in [5, 5.41) is 4.74. The maximum absolute atomic E-state index is 11.9. The summed E-state index contributed by atoms with van der Waals surface area (Å²) in [6.07, 6.45) is 0. The molecule has 2 heterocycles. The molecule has 2 aliphatic heterocycles. The number of carbonyl (C=O) groups excluding carboxylic acids is 1. The summed E-state index contributed by atoms with van der Waals surface area (Å²) < 4.78 is 10.5. The summed E-state index contributed by atoms with van der Waals surface area (Å²) in [5.74, 6) is 1.36. The van der Waals surface area contributed by atoms with Crippen LogP contribution in [0.4, 0.5) is 10.5 Å². The summed E-state index contributed by atoms with van der Waals surface area (Å²) in [5.41, 5.74) is 3.54. The third kappa shape index (κ3) is 2.94. The van der Waals surface area contributed by atoms with E-state index in [0.29, 0.717) is 17.2 Å². The fraction of sp³-hybridized carbons (Fsp3) is 0.462. The lowest BCUT2D eigenvalue weighted by Gasteiger charge is -2.30. The zero-order chi connectivity index (χ0) is 13.9. The lowest BCUT2D eigenvalue weighted by molar-refractivity contribution is -0.884. The summed E-state index contributed by atoms with van der Waals surface area (Å²) >= 11 is 0. The number of quaternary nitrogens is 1. The van der Waals surface area contributed by atoms with Crippen molar-refractivity contribution in [2.24, 2.45) is 0 Å². The topological polar surface area (TPSA) is 67.3 Å². The average Bonchev–Trinajstić information content (AvgIpc) is 2.89. The summed E-state index contributed by atoms with van der Waals surface area (Å²) in [4.78, 5) is 13.4. The van der Waals surface area contributed by atoms with Crippen molar-refractivity contribution >= 4 is 11.7 Å². The number of nitrogens with one attached hydrogen (secondary N) is 3. The van der Waals surface area contributed by atoms with Gasteiger partial charge >= 0.3 is 6.03 Å². The number of likely N-dealkylation sites (N-methyl/N-ethyl adjacent to an activating group) is 1. The third-order valence-corrected chi connectivity index (χ3v) is 3.51. The fourth-order valence-corrected chi connectivity index (χ4v) is 2.28. The smallest absolute Gasteiger partial charge is 0.333 e.